The van der Waals surface area contributed by atoms with Gasteiger partial charge in [-0.05, 0) is 25.7 Å². The quantitative estimate of drug-likeness (QED) is 0.481. The number of halogens is 2. The molecule has 0 rings (SSSR count). The van der Waals surface area contributed by atoms with Crippen molar-refractivity contribution >= 4 is 5.78 Å². The van der Waals surface area contributed by atoms with Gasteiger partial charge in [-0.25, -0.2) is 0 Å². The van der Waals surface area contributed by atoms with E-state index in [1.54, 1.807) is 0 Å². The number of hydrogen-bond acceptors (Lipinski definition) is 1. The third-order valence-electron chi connectivity index (χ3n) is 2.43. The Balaban J connectivity index is 3.11. The van der Waals surface area contributed by atoms with Crippen LogP contribution in [0.15, 0.2) is 0 Å². The lowest BCUT2D eigenvalue weighted by atomic mass is 10.1. The van der Waals surface area contributed by atoms with Gasteiger partial charge in [-0.3, -0.25) is 13.6 Å². The highest BCUT2D eigenvalue weighted by atomic mass is 19.1. The van der Waals surface area contributed by atoms with Crippen LogP contribution in [0.1, 0.15) is 57.8 Å². The van der Waals surface area contributed by atoms with Crippen molar-refractivity contribution in [2.45, 2.75) is 57.8 Å². The van der Waals surface area contributed by atoms with E-state index in [0.29, 0.717) is 25.7 Å². The number of rotatable bonds is 11. The zero-order valence-electron chi connectivity index (χ0n) is 9.44. The average molecular weight is 220 g/mol. The topological polar surface area (TPSA) is 17.1 Å². The summed E-state index contributed by atoms with van der Waals surface area (Å²) in [5.41, 5.74) is 0. The minimum absolute atomic E-state index is 0.253. The smallest absolute Gasteiger partial charge is 0.132 e. The van der Waals surface area contributed by atoms with E-state index in [9.17, 15) is 13.6 Å². The Morgan fingerprint density at radius 1 is 0.667 bits per heavy atom. The van der Waals surface area contributed by atoms with Gasteiger partial charge in [-0.2, -0.15) is 0 Å². The summed E-state index contributed by atoms with van der Waals surface area (Å²) in [4.78, 5) is 11.3. The van der Waals surface area contributed by atoms with Crippen LogP contribution in [0.25, 0.3) is 0 Å². The van der Waals surface area contributed by atoms with Crippen molar-refractivity contribution in [1.29, 1.82) is 0 Å². The zero-order valence-corrected chi connectivity index (χ0v) is 9.44. The molecular formula is C12H22F2O. The Labute approximate surface area is 91.2 Å². The first-order valence-electron chi connectivity index (χ1n) is 5.95. The van der Waals surface area contributed by atoms with Crippen LogP contribution in [0.5, 0.6) is 0 Å². The largest absolute Gasteiger partial charge is 0.300 e. The van der Waals surface area contributed by atoms with Crippen molar-refractivity contribution in [3.05, 3.63) is 0 Å². The van der Waals surface area contributed by atoms with Gasteiger partial charge in [-0.15, -0.1) is 0 Å². The molecule has 0 spiro atoms. The monoisotopic (exact) mass is 220 g/mol. The fourth-order valence-electron chi connectivity index (χ4n) is 1.49. The molecule has 0 atom stereocenters. The molecule has 15 heavy (non-hydrogen) atoms. The minimum atomic E-state index is -0.280. The van der Waals surface area contributed by atoms with Crippen molar-refractivity contribution in [2.75, 3.05) is 13.3 Å². The van der Waals surface area contributed by atoms with Gasteiger partial charge in [0.05, 0.1) is 13.3 Å². The molecule has 0 aromatic rings. The number of alkyl halides is 2. The standard InChI is InChI=1S/C12H22F2O/c13-10-6-2-1-4-8-12(15)9-5-3-7-11-14/h1-11H2. The maximum atomic E-state index is 11.7. The predicted molar refractivity (Wildman–Crippen MR) is 58.5 cm³/mol. The van der Waals surface area contributed by atoms with Crippen LogP contribution in [-0.2, 0) is 4.79 Å². The summed E-state index contributed by atoms with van der Waals surface area (Å²) in [5.74, 6) is 0.272. The molecule has 3 heteroatoms. The van der Waals surface area contributed by atoms with Crippen molar-refractivity contribution in [2.24, 2.45) is 0 Å². The maximum absolute atomic E-state index is 11.7. The summed E-state index contributed by atoms with van der Waals surface area (Å²) in [7, 11) is 0. The van der Waals surface area contributed by atoms with E-state index < -0.39 is 0 Å². The maximum Gasteiger partial charge on any atom is 0.132 e. The SMILES string of the molecule is O=C(CCCCCF)CCCCCCF. The predicted octanol–water partition coefficient (Wildman–Crippen LogP) is 4.01. The fraction of sp³-hybridized carbons (Fsp3) is 0.917. The highest BCUT2D eigenvalue weighted by Crippen LogP contribution is 2.08. The van der Waals surface area contributed by atoms with Gasteiger partial charge in [0, 0.05) is 12.8 Å². The number of hydrogen-bond donors (Lipinski definition) is 0. The Morgan fingerprint density at radius 3 is 1.53 bits per heavy atom. The number of carbonyl (C=O) groups excluding carboxylic acids is 1. The van der Waals surface area contributed by atoms with Crippen molar-refractivity contribution in [3.63, 3.8) is 0 Å². The van der Waals surface area contributed by atoms with Crippen LogP contribution >= 0.6 is 0 Å². The number of ketones is 1. The molecule has 0 aromatic heterocycles. The first-order valence-corrected chi connectivity index (χ1v) is 5.95. The third-order valence-corrected chi connectivity index (χ3v) is 2.43. The number of unbranched alkanes of at least 4 members (excludes halogenated alkanes) is 5. The van der Waals surface area contributed by atoms with E-state index in [0.717, 1.165) is 32.1 Å². The number of carbonyl (C=O) groups is 1. The average Bonchev–Trinajstić information content (AvgIpc) is 2.24. The van der Waals surface area contributed by atoms with Gasteiger partial charge in [-0.1, -0.05) is 19.3 Å². The molecule has 0 N–H and O–H groups in total. The Morgan fingerprint density at radius 2 is 1.07 bits per heavy atom. The molecule has 0 aliphatic heterocycles. The van der Waals surface area contributed by atoms with Crippen LogP contribution in [0.4, 0.5) is 8.78 Å². The molecule has 0 aliphatic carbocycles. The molecule has 0 amide bonds. The molecule has 0 saturated carbocycles. The van der Waals surface area contributed by atoms with E-state index in [2.05, 4.69) is 0 Å². The zero-order chi connectivity index (χ0) is 11.4. The molecule has 0 fully saturated rings. The second kappa shape index (κ2) is 11.6. The summed E-state index contributed by atoms with van der Waals surface area (Å²) in [6, 6.07) is 0. The minimum Gasteiger partial charge on any atom is -0.300 e. The molecule has 0 radical (unpaired) electrons. The van der Waals surface area contributed by atoms with E-state index in [-0.39, 0.29) is 19.1 Å². The summed E-state index contributed by atoms with van der Waals surface area (Å²) < 4.78 is 23.4. The lowest BCUT2D eigenvalue weighted by Crippen LogP contribution is -1.97. The van der Waals surface area contributed by atoms with Crippen LogP contribution in [0.3, 0.4) is 0 Å². The molecule has 0 unspecified atom stereocenters. The normalized spacial score (nSPS) is 10.5. The fourth-order valence-corrected chi connectivity index (χ4v) is 1.49. The lowest BCUT2D eigenvalue weighted by molar-refractivity contribution is -0.119. The molecular weight excluding hydrogens is 198 g/mol. The van der Waals surface area contributed by atoms with Crippen molar-refractivity contribution < 1.29 is 13.6 Å². The van der Waals surface area contributed by atoms with Crippen LogP contribution < -0.4 is 0 Å². The molecule has 0 bridgehead atoms. The molecule has 0 aromatic carbocycles. The lowest BCUT2D eigenvalue weighted by Gasteiger charge is -2.00. The second-order valence-electron chi connectivity index (χ2n) is 3.89. The van der Waals surface area contributed by atoms with E-state index in [4.69, 9.17) is 0 Å². The summed E-state index contributed by atoms with van der Waals surface area (Å²) in [6.07, 6.45) is 6.71. The van der Waals surface area contributed by atoms with Gasteiger partial charge < -0.3 is 0 Å². The van der Waals surface area contributed by atoms with E-state index in [1.165, 1.54) is 0 Å². The summed E-state index contributed by atoms with van der Waals surface area (Å²) >= 11 is 0. The molecule has 0 aliphatic rings. The van der Waals surface area contributed by atoms with Gasteiger partial charge in [0.25, 0.3) is 0 Å². The van der Waals surface area contributed by atoms with Gasteiger partial charge >= 0.3 is 0 Å². The molecule has 0 heterocycles. The van der Waals surface area contributed by atoms with Crippen LogP contribution in [-0.4, -0.2) is 19.1 Å². The molecule has 1 nitrogen and oxygen atoms in total. The van der Waals surface area contributed by atoms with Crippen molar-refractivity contribution in [3.8, 4) is 0 Å². The number of Topliss-reactive ketones (excluding diaryl/α,β-unsaturated/α-hetero) is 1. The first-order chi connectivity index (χ1) is 7.31. The second-order valence-corrected chi connectivity index (χ2v) is 3.89. The third kappa shape index (κ3) is 11.5. The highest BCUT2D eigenvalue weighted by molar-refractivity contribution is 5.78. The van der Waals surface area contributed by atoms with E-state index >= 15 is 0 Å². The van der Waals surface area contributed by atoms with Gasteiger partial charge in [0.1, 0.15) is 5.78 Å². The highest BCUT2D eigenvalue weighted by Gasteiger charge is 2.01. The summed E-state index contributed by atoms with van der Waals surface area (Å²) in [5, 5.41) is 0. The van der Waals surface area contributed by atoms with Crippen LogP contribution in [0, 0.1) is 0 Å². The van der Waals surface area contributed by atoms with Crippen molar-refractivity contribution in [1.82, 2.24) is 0 Å². The Bertz CT molecular complexity index is 149. The van der Waals surface area contributed by atoms with Gasteiger partial charge in [0.2, 0.25) is 0 Å². The molecule has 90 valence electrons. The Kier molecular flexibility index (Phi) is 11.2. The first kappa shape index (κ1) is 14.5. The van der Waals surface area contributed by atoms with E-state index in [1.807, 2.05) is 0 Å². The van der Waals surface area contributed by atoms with Crippen LogP contribution in [0.2, 0.25) is 0 Å². The molecule has 0 saturated heterocycles. The Hall–Kier alpha value is -0.470. The van der Waals surface area contributed by atoms with Gasteiger partial charge in [0.15, 0.2) is 0 Å². The summed E-state index contributed by atoms with van der Waals surface area (Å²) in [6.45, 7) is -0.533.